The van der Waals surface area contributed by atoms with E-state index >= 15 is 0 Å². The first-order chi connectivity index (χ1) is 9.56. The molecule has 1 fully saturated rings. The van der Waals surface area contributed by atoms with Gasteiger partial charge >= 0.3 is 0 Å². The molecule has 1 aliphatic rings. The number of piperazine rings is 1. The maximum absolute atomic E-state index is 12.3. The lowest BCUT2D eigenvalue weighted by molar-refractivity contribution is 0.0626. The second-order valence-electron chi connectivity index (χ2n) is 5.79. The zero-order chi connectivity index (χ0) is 14.5. The third-order valence-corrected chi connectivity index (χ3v) is 3.69. The molecule has 0 radical (unpaired) electrons. The second kappa shape index (κ2) is 6.70. The molecule has 0 unspecified atom stereocenters. The third-order valence-electron chi connectivity index (χ3n) is 3.69. The van der Waals surface area contributed by atoms with Crippen LogP contribution in [0.25, 0.3) is 0 Å². The monoisotopic (exact) mass is 276 g/mol. The Labute approximate surface area is 120 Å². The van der Waals surface area contributed by atoms with Crippen LogP contribution in [0.5, 0.6) is 0 Å². The lowest BCUT2D eigenvalue weighted by atomic mass is 10.1. The number of amides is 1. The van der Waals surface area contributed by atoms with Gasteiger partial charge in [-0.05, 0) is 31.0 Å². The van der Waals surface area contributed by atoms with Gasteiger partial charge in [-0.2, -0.15) is 0 Å². The van der Waals surface area contributed by atoms with Crippen LogP contribution in [-0.2, 0) is 0 Å². The van der Waals surface area contributed by atoms with Crippen LogP contribution in [0.4, 0.5) is 5.69 Å². The number of carbonyl (C=O) groups is 1. The van der Waals surface area contributed by atoms with Crippen molar-refractivity contribution in [1.82, 2.24) is 14.8 Å². The van der Waals surface area contributed by atoms with Gasteiger partial charge < -0.3 is 10.6 Å². The summed E-state index contributed by atoms with van der Waals surface area (Å²) in [5.41, 5.74) is 6.65. The Kier molecular flexibility index (Phi) is 4.95. The first-order valence-electron chi connectivity index (χ1n) is 7.29. The van der Waals surface area contributed by atoms with E-state index in [1.54, 1.807) is 12.1 Å². The molecule has 0 atom stereocenters. The van der Waals surface area contributed by atoms with Crippen LogP contribution in [-0.4, -0.2) is 53.4 Å². The van der Waals surface area contributed by atoms with Gasteiger partial charge in [-0.3, -0.25) is 9.69 Å². The molecule has 5 nitrogen and oxygen atoms in total. The fraction of sp³-hybridized carbons (Fsp3) is 0.600. The highest BCUT2D eigenvalue weighted by Gasteiger charge is 2.22. The molecule has 1 aliphatic heterocycles. The molecule has 2 rings (SSSR count). The molecular formula is C15H24N4O. The van der Waals surface area contributed by atoms with E-state index in [0.717, 1.165) is 38.6 Å². The van der Waals surface area contributed by atoms with Crippen LogP contribution >= 0.6 is 0 Å². The van der Waals surface area contributed by atoms with Crippen LogP contribution in [0.15, 0.2) is 18.3 Å². The van der Waals surface area contributed by atoms with Crippen molar-refractivity contribution in [2.24, 2.45) is 5.92 Å². The summed E-state index contributed by atoms with van der Waals surface area (Å²) in [5, 5.41) is 0. The minimum absolute atomic E-state index is 0.00788. The van der Waals surface area contributed by atoms with Gasteiger partial charge in [0, 0.05) is 26.2 Å². The molecule has 1 aromatic rings. The molecule has 1 saturated heterocycles. The van der Waals surface area contributed by atoms with Crippen molar-refractivity contribution in [2.45, 2.75) is 20.3 Å². The first kappa shape index (κ1) is 14.8. The van der Waals surface area contributed by atoms with Crippen molar-refractivity contribution in [3.63, 3.8) is 0 Å². The summed E-state index contributed by atoms with van der Waals surface area (Å²) < 4.78 is 0. The van der Waals surface area contributed by atoms with Gasteiger partial charge in [-0.15, -0.1) is 0 Å². The van der Waals surface area contributed by atoms with E-state index in [9.17, 15) is 4.79 Å². The maximum Gasteiger partial charge on any atom is 0.272 e. The van der Waals surface area contributed by atoms with E-state index in [-0.39, 0.29) is 5.91 Å². The second-order valence-corrected chi connectivity index (χ2v) is 5.79. The molecule has 2 heterocycles. The Hall–Kier alpha value is -1.62. The number of hydrogen-bond donors (Lipinski definition) is 1. The van der Waals surface area contributed by atoms with Crippen molar-refractivity contribution in [3.8, 4) is 0 Å². The first-order valence-corrected chi connectivity index (χ1v) is 7.29. The molecule has 20 heavy (non-hydrogen) atoms. The van der Waals surface area contributed by atoms with Crippen LogP contribution in [0.1, 0.15) is 30.8 Å². The lowest BCUT2D eigenvalue weighted by Crippen LogP contribution is -2.49. The summed E-state index contributed by atoms with van der Waals surface area (Å²) in [6.45, 7) is 9.08. The number of nitrogens with two attached hydrogens (primary N) is 1. The third kappa shape index (κ3) is 3.93. The van der Waals surface area contributed by atoms with E-state index in [4.69, 9.17) is 5.73 Å². The van der Waals surface area contributed by atoms with Crippen molar-refractivity contribution in [2.75, 3.05) is 38.5 Å². The summed E-state index contributed by atoms with van der Waals surface area (Å²) in [7, 11) is 0. The van der Waals surface area contributed by atoms with E-state index < -0.39 is 0 Å². The highest BCUT2D eigenvalue weighted by Crippen LogP contribution is 2.10. The molecule has 0 spiro atoms. The number of nitrogens with zero attached hydrogens (tertiary/aromatic N) is 3. The van der Waals surface area contributed by atoms with E-state index in [2.05, 4.69) is 23.7 Å². The minimum Gasteiger partial charge on any atom is -0.397 e. The molecule has 2 N–H and O–H groups in total. The van der Waals surface area contributed by atoms with Crippen molar-refractivity contribution in [3.05, 3.63) is 24.0 Å². The van der Waals surface area contributed by atoms with Crippen LogP contribution in [0.2, 0.25) is 0 Å². The molecule has 110 valence electrons. The summed E-state index contributed by atoms with van der Waals surface area (Å²) in [6.07, 6.45) is 2.75. The van der Waals surface area contributed by atoms with Crippen LogP contribution < -0.4 is 5.73 Å². The summed E-state index contributed by atoms with van der Waals surface area (Å²) in [6, 6.07) is 3.42. The normalized spacial score (nSPS) is 16.6. The fourth-order valence-corrected chi connectivity index (χ4v) is 2.31. The molecular weight excluding hydrogens is 252 g/mol. The number of pyridine rings is 1. The SMILES string of the molecule is CC(C)CCN1CCN(C(=O)c2ccc(N)cn2)CC1. The van der Waals surface area contributed by atoms with E-state index in [1.165, 1.54) is 12.6 Å². The molecule has 0 aromatic carbocycles. The van der Waals surface area contributed by atoms with Gasteiger partial charge in [-0.1, -0.05) is 13.8 Å². The Morgan fingerprint density at radius 3 is 2.55 bits per heavy atom. The molecule has 0 saturated carbocycles. The highest BCUT2D eigenvalue weighted by atomic mass is 16.2. The number of rotatable bonds is 4. The van der Waals surface area contributed by atoms with Gasteiger partial charge in [0.05, 0.1) is 11.9 Å². The summed E-state index contributed by atoms with van der Waals surface area (Å²) >= 11 is 0. The topological polar surface area (TPSA) is 62.5 Å². The van der Waals surface area contributed by atoms with Gasteiger partial charge in [-0.25, -0.2) is 4.98 Å². The van der Waals surface area contributed by atoms with Crippen LogP contribution in [0.3, 0.4) is 0 Å². The molecule has 1 amide bonds. The number of nitrogen functional groups attached to an aromatic ring is 1. The van der Waals surface area contributed by atoms with Crippen molar-refractivity contribution in [1.29, 1.82) is 0 Å². The standard InChI is InChI=1S/C15H24N4O/c1-12(2)5-6-18-7-9-19(10-8-18)15(20)14-4-3-13(16)11-17-14/h3-4,11-12H,5-10,16H2,1-2H3. The van der Waals surface area contributed by atoms with Crippen molar-refractivity contribution >= 4 is 11.6 Å². The highest BCUT2D eigenvalue weighted by molar-refractivity contribution is 5.92. The van der Waals surface area contributed by atoms with Gasteiger partial charge in [0.1, 0.15) is 5.69 Å². The average Bonchev–Trinajstić information content (AvgIpc) is 2.46. The smallest absolute Gasteiger partial charge is 0.272 e. The predicted octanol–water partition coefficient (Wildman–Crippen LogP) is 1.47. The number of carbonyl (C=O) groups excluding carboxylic acids is 1. The summed E-state index contributed by atoms with van der Waals surface area (Å²) in [5.74, 6) is 0.738. The summed E-state index contributed by atoms with van der Waals surface area (Å²) in [4.78, 5) is 20.7. The van der Waals surface area contributed by atoms with Crippen LogP contribution in [0, 0.1) is 5.92 Å². The maximum atomic E-state index is 12.3. The molecule has 0 aliphatic carbocycles. The zero-order valence-corrected chi connectivity index (χ0v) is 12.4. The number of aromatic nitrogens is 1. The molecule has 5 heteroatoms. The Bertz CT molecular complexity index is 436. The Balaban J connectivity index is 1.84. The lowest BCUT2D eigenvalue weighted by Gasteiger charge is -2.34. The van der Waals surface area contributed by atoms with Gasteiger partial charge in [0.25, 0.3) is 5.91 Å². The Morgan fingerprint density at radius 2 is 2.00 bits per heavy atom. The largest absolute Gasteiger partial charge is 0.397 e. The van der Waals surface area contributed by atoms with Gasteiger partial charge in [0.15, 0.2) is 0 Å². The predicted molar refractivity (Wildman–Crippen MR) is 80.4 cm³/mol. The molecule has 1 aromatic heterocycles. The number of anilines is 1. The van der Waals surface area contributed by atoms with E-state index in [0.29, 0.717) is 11.4 Å². The average molecular weight is 276 g/mol. The molecule has 0 bridgehead atoms. The minimum atomic E-state index is 0.00788. The quantitative estimate of drug-likeness (QED) is 0.904. The Morgan fingerprint density at radius 1 is 1.30 bits per heavy atom. The fourth-order valence-electron chi connectivity index (χ4n) is 2.31. The zero-order valence-electron chi connectivity index (χ0n) is 12.4. The van der Waals surface area contributed by atoms with Crippen molar-refractivity contribution < 1.29 is 4.79 Å². The number of hydrogen-bond acceptors (Lipinski definition) is 4. The van der Waals surface area contributed by atoms with Gasteiger partial charge in [0.2, 0.25) is 0 Å². The van der Waals surface area contributed by atoms with E-state index in [1.807, 2.05) is 4.90 Å².